The number of rotatable bonds is 10. The monoisotopic (exact) mass is 408 g/mol. The average molecular weight is 409 g/mol. The first-order chi connectivity index (χ1) is 13.3. The molecule has 2 aromatic rings. The van der Waals surface area contributed by atoms with Gasteiger partial charge >= 0.3 is 0 Å². The Kier molecular flexibility index (Phi) is 8.29. The average Bonchev–Trinajstić information content (AvgIpc) is 3.03. The molecular weight excluding hydrogens is 379 g/mol. The summed E-state index contributed by atoms with van der Waals surface area (Å²) in [5, 5.41) is 12.2. The third-order valence-electron chi connectivity index (χ3n) is 4.14. The molecule has 2 unspecified atom stereocenters. The van der Waals surface area contributed by atoms with Gasteiger partial charge in [0.25, 0.3) is 0 Å². The molecule has 6 nitrogen and oxygen atoms in total. The van der Waals surface area contributed by atoms with Crippen LogP contribution in [0.15, 0.2) is 29.4 Å². The van der Waals surface area contributed by atoms with Crippen LogP contribution in [-0.4, -0.2) is 32.5 Å². The third kappa shape index (κ3) is 6.51. The van der Waals surface area contributed by atoms with Crippen LogP contribution >= 0.6 is 11.8 Å². The van der Waals surface area contributed by atoms with Crippen molar-refractivity contribution in [2.45, 2.75) is 64.9 Å². The lowest BCUT2D eigenvalue weighted by atomic mass is 10.2. The van der Waals surface area contributed by atoms with E-state index < -0.39 is 0 Å². The highest BCUT2D eigenvalue weighted by molar-refractivity contribution is 7.99. The van der Waals surface area contributed by atoms with Crippen molar-refractivity contribution in [2.24, 2.45) is 5.92 Å². The number of amides is 1. The lowest BCUT2D eigenvalue weighted by Crippen LogP contribution is -2.33. The fourth-order valence-corrected chi connectivity index (χ4v) is 3.33. The second-order valence-corrected chi connectivity index (χ2v) is 8.17. The van der Waals surface area contributed by atoms with Gasteiger partial charge in [0.15, 0.2) is 17.1 Å². The molecule has 0 bridgehead atoms. The molecule has 1 heterocycles. The number of benzene rings is 1. The van der Waals surface area contributed by atoms with Crippen LogP contribution in [0.5, 0.6) is 5.75 Å². The lowest BCUT2D eigenvalue weighted by molar-refractivity contribution is -0.119. The number of carbonyl (C=O) groups is 1. The minimum atomic E-state index is -0.361. The summed E-state index contributed by atoms with van der Waals surface area (Å²) < 4.78 is 21.0. The first-order valence-corrected chi connectivity index (χ1v) is 10.6. The lowest BCUT2D eigenvalue weighted by Gasteiger charge is -2.18. The van der Waals surface area contributed by atoms with E-state index in [1.54, 1.807) is 12.1 Å². The van der Waals surface area contributed by atoms with Crippen LogP contribution in [0, 0.1) is 11.7 Å². The quantitative estimate of drug-likeness (QED) is 0.596. The van der Waals surface area contributed by atoms with Crippen LogP contribution in [0.2, 0.25) is 0 Å². The third-order valence-corrected chi connectivity index (χ3v) is 5.10. The van der Waals surface area contributed by atoms with Crippen molar-refractivity contribution >= 4 is 17.7 Å². The highest BCUT2D eigenvalue weighted by atomic mass is 32.2. The fourth-order valence-electron chi connectivity index (χ4n) is 2.56. The first-order valence-electron chi connectivity index (χ1n) is 9.57. The van der Waals surface area contributed by atoms with E-state index in [2.05, 4.69) is 29.4 Å². The van der Waals surface area contributed by atoms with Gasteiger partial charge in [0, 0.05) is 12.6 Å². The minimum Gasteiger partial charge on any atom is -0.483 e. The minimum absolute atomic E-state index is 0.0180. The maximum Gasteiger partial charge on any atom is 0.230 e. The summed E-state index contributed by atoms with van der Waals surface area (Å²) in [6.45, 7) is 10.8. The van der Waals surface area contributed by atoms with E-state index in [4.69, 9.17) is 4.74 Å². The SMILES string of the molecule is CCC(C)NC(=O)CSc1nnc(C(C)Oc2ccc(F)cc2)n1CC(C)C. The van der Waals surface area contributed by atoms with Gasteiger partial charge in [-0.15, -0.1) is 10.2 Å². The number of aromatic nitrogens is 3. The number of ether oxygens (including phenoxy) is 1. The maximum atomic E-state index is 13.1. The molecule has 0 spiro atoms. The van der Waals surface area contributed by atoms with Crippen LogP contribution < -0.4 is 10.1 Å². The van der Waals surface area contributed by atoms with Gasteiger partial charge in [-0.25, -0.2) is 4.39 Å². The van der Waals surface area contributed by atoms with Crippen molar-refractivity contribution in [1.82, 2.24) is 20.1 Å². The summed E-state index contributed by atoms with van der Waals surface area (Å²) in [7, 11) is 0. The molecule has 154 valence electrons. The van der Waals surface area contributed by atoms with E-state index in [9.17, 15) is 9.18 Å². The molecule has 0 aliphatic rings. The number of carbonyl (C=O) groups excluding carboxylic acids is 1. The number of nitrogens with one attached hydrogen (secondary N) is 1. The van der Waals surface area contributed by atoms with Crippen molar-refractivity contribution in [3.63, 3.8) is 0 Å². The molecule has 0 aliphatic carbocycles. The maximum absolute atomic E-state index is 13.1. The van der Waals surface area contributed by atoms with E-state index in [1.807, 2.05) is 25.3 Å². The normalized spacial score (nSPS) is 13.4. The van der Waals surface area contributed by atoms with Gasteiger partial charge in [-0.2, -0.15) is 0 Å². The van der Waals surface area contributed by atoms with Crippen molar-refractivity contribution in [3.8, 4) is 5.75 Å². The molecule has 0 radical (unpaired) electrons. The summed E-state index contributed by atoms with van der Waals surface area (Å²) in [5.41, 5.74) is 0. The van der Waals surface area contributed by atoms with Crippen LogP contribution in [0.3, 0.4) is 0 Å². The van der Waals surface area contributed by atoms with Crippen molar-refractivity contribution in [1.29, 1.82) is 0 Å². The zero-order chi connectivity index (χ0) is 20.7. The van der Waals surface area contributed by atoms with Gasteiger partial charge in [-0.1, -0.05) is 32.5 Å². The van der Waals surface area contributed by atoms with Gasteiger partial charge in [-0.3, -0.25) is 4.79 Å². The summed E-state index contributed by atoms with van der Waals surface area (Å²) in [4.78, 5) is 12.1. The molecule has 0 saturated carbocycles. The molecule has 1 aromatic carbocycles. The predicted molar refractivity (Wildman–Crippen MR) is 109 cm³/mol. The van der Waals surface area contributed by atoms with E-state index in [-0.39, 0.29) is 29.6 Å². The van der Waals surface area contributed by atoms with Crippen LogP contribution in [0.25, 0.3) is 0 Å². The molecule has 1 amide bonds. The van der Waals surface area contributed by atoms with Gasteiger partial charge in [-0.05, 0) is 50.5 Å². The van der Waals surface area contributed by atoms with Crippen molar-refractivity contribution in [3.05, 3.63) is 35.9 Å². The molecule has 0 fully saturated rings. The summed E-state index contributed by atoms with van der Waals surface area (Å²) in [6, 6.07) is 6.05. The Balaban J connectivity index is 2.11. The topological polar surface area (TPSA) is 69.0 Å². The molecule has 2 atom stereocenters. The van der Waals surface area contributed by atoms with Crippen LogP contribution in [-0.2, 0) is 11.3 Å². The largest absolute Gasteiger partial charge is 0.483 e. The highest BCUT2D eigenvalue weighted by Gasteiger charge is 2.21. The van der Waals surface area contributed by atoms with E-state index in [0.717, 1.165) is 13.0 Å². The molecule has 0 aliphatic heterocycles. The van der Waals surface area contributed by atoms with Crippen LogP contribution in [0.4, 0.5) is 4.39 Å². The summed E-state index contributed by atoms with van der Waals surface area (Å²) in [6.07, 6.45) is 0.530. The highest BCUT2D eigenvalue weighted by Crippen LogP contribution is 2.25. The zero-order valence-corrected chi connectivity index (χ0v) is 17.9. The molecule has 2 rings (SSSR count). The Bertz CT molecular complexity index is 764. The molecule has 28 heavy (non-hydrogen) atoms. The number of hydrogen-bond acceptors (Lipinski definition) is 5. The molecule has 0 saturated heterocycles. The van der Waals surface area contributed by atoms with Gasteiger partial charge in [0.2, 0.25) is 5.91 Å². The van der Waals surface area contributed by atoms with Crippen molar-refractivity contribution < 1.29 is 13.9 Å². The Labute approximate surface area is 170 Å². The summed E-state index contributed by atoms with van der Waals surface area (Å²) >= 11 is 1.37. The Morgan fingerprint density at radius 3 is 2.50 bits per heavy atom. The van der Waals surface area contributed by atoms with E-state index >= 15 is 0 Å². The zero-order valence-electron chi connectivity index (χ0n) is 17.1. The standard InChI is InChI=1S/C20H29FN4O2S/c1-6-14(4)22-18(26)12-28-20-24-23-19(25(20)11-13(2)3)15(5)27-17-9-7-16(21)8-10-17/h7-10,13-15H,6,11-12H2,1-5H3,(H,22,26). The van der Waals surface area contributed by atoms with Gasteiger partial charge in [0.05, 0.1) is 5.75 Å². The number of hydrogen-bond donors (Lipinski definition) is 1. The van der Waals surface area contributed by atoms with Gasteiger partial charge < -0.3 is 14.6 Å². The second kappa shape index (κ2) is 10.5. The first kappa shape index (κ1) is 22.2. The smallest absolute Gasteiger partial charge is 0.230 e. The van der Waals surface area contributed by atoms with Crippen LogP contribution in [0.1, 0.15) is 53.0 Å². The number of thioether (sulfide) groups is 1. The predicted octanol–water partition coefficient (Wildman–Crippen LogP) is 4.22. The Morgan fingerprint density at radius 2 is 1.89 bits per heavy atom. The van der Waals surface area contributed by atoms with Crippen molar-refractivity contribution in [2.75, 3.05) is 5.75 Å². The molecular formula is C20H29FN4O2S. The fraction of sp³-hybridized carbons (Fsp3) is 0.550. The van der Waals surface area contributed by atoms with E-state index in [1.165, 1.54) is 23.9 Å². The molecule has 1 aromatic heterocycles. The van der Waals surface area contributed by atoms with E-state index in [0.29, 0.717) is 22.6 Å². The Morgan fingerprint density at radius 1 is 1.21 bits per heavy atom. The second-order valence-electron chi connectivity index (χ2n) is 7.22. The summed E-state index contributed by atoms with van der Waals surface area (Å²) in [5.74, 6) is 1.58. The van der Waals surface area contributed by atoms with Gasteiger partial charge in [0.1, 0.15) is 11.6 Å². The molecule has 8 heteroatoms. The number of nitrogens with zero attached hydrogens (tertiary/aromatic N) is 3. The Hall–Kier alpha value is -2.09. The number of halogens is 1. The molecule has 1 N–H and O–H groups in total.